The molecule has 3 aromatic carbocycles. The van der Waals surface area contributed by atoms with Gasteiger partial charge in [-0.25, -0.2) is 9.50 Å². The molecule has 28 heavy (non-hydrogen) atoms. The fourth-order valence-corrected chi connectivity index (χ4v) is 3.57. The monoisotopic (exact) mass is 425 g/mol. The van der Waals surface area contributed by atoms with Crippen LogP contribution in [-0.2, 0) is 0 Å². The minimum Gasteiger partial charge on any atom is -0.228 e. The molecule has 0 saturated heterocycles. The largest absolute Gasteiger partial charge is 0.228 e. The number of fused-ring (bicyclic) bond motifs is 1. The molecule has 2 heterocycles. The molecule has 0 aliphatic carbocycles. The van der Waals surface area contributed by atoms with Gasteiger partial charge in [-0.3, -0.25) is 0 Å². The minimum atomic E-state index is 0.832. The second-order valence-electron chi connectivity index (χ2n) is 6.57. The lowest BCUT2D eigenvalue weighted by molar-refractivity contribution is 0.953. The van der Waals surface area contributed by atoms with Gasteiger partial charge in [0.25, 0.3) is 0 Å². The van der Waals surface area contributed by atoms with Crippen molar-refractivity contribution in [3.63, 3.8) is 0 Å². The number of hydrogen-bond acceptors (Lipinski definition) is 2. The van der Waals surface area contributed by atoms with Gasteiger partial charge in [0.1, 0.15) is 0 Å². The molecule has 0 aliphatic heterocycles. The maximum absolute atomic E-state index is 4.89. The first-order valence-corrected chi connectivity index (χ1v) is 9.85. The van der Waals surface area contributed by atoms with E-state index in [9.17, 15) is 0 Å². The molecule has 0 unspecified atom stereocenters. The molecule has 0 atom stereocenters. The fraction of sp³-hybridized carbons (Fsp3) is 0. The number of benzene rings is 3. The maximum Gasteiger partial charge on any atom is 0.156 e. The summed E-state index contributed by atoms with van der Waals surface area (Å²) in [6, 6.07) is 32.9. The van der Waals surface area contributed by atoms with Crippen LogP contribution in [0.3, 0.4) is 0 Å². The van der Waals surface area contributed by atoms with Gasteiger partial charge in [-0.15, -0.1) is 0 Å². The van der Waals surface area contributed by atoms with Gasteiger partial charge in [0.15, 0.2) is 5.65 Å². The van der Waals surface area contributed by atoms with Crippen molar-refractivity contribution in [1.82, 2.24) is 14.6 Å². The quantitative estimate of drug-likeness (QED) is 0.330. The Kier molecular flexibility index (Phi) is 4.26. The van der Waals surface area contributed by atoms with Gasteiger partial charge < -0.3 is 0 Å². The molecule has 4 heteroatoms. The van der Waals surface area contributed by atoms with E-state index in [2.05, 4.69) is 58.4 Å². The van der Waals surface area contributed by atoms with Crippen molar-refractivity contribution in [2.75, 3.05) is 0 Å². The van der Waals surface area contributed by atoms with Crippen LogP contribution in [0.5, 0.6) is 0 Å². The van der Waals surface area contributed by atoms with Crippen molar-refractivity contribution in [3.05, 3.63) is 102 Å². The first-order valence-electron chi connectivity index (χ1n) is 9.05. The van der Waals surface area contributed by atoms with Crippen LogP contribution in [0, 0.1) is 0 Å². The molecular weight excluding hydrogens is 410 g/mol. The minimum absolute atomic E-state index is 0.832. The highest BCUT2D eigenvalue weighted by atomic mass is 79.9. The fourth-order valence-electron chi connectivity index (χ4n) is 3.31. The molecule has 2 aromatic heterocycles. The van der Waals surface area contributed by atoms with Gasteiger partial charge in [0.05, 0.1) is 17.1 Å². The van der Waals surface area contributed by atoms with E-state index in [0.717, 1.165) is 43.9 Å². The van der Waals surface area contributed by atoms with Crippen molar-refractivity contribution in [3.8, 4) is 33.8 Å². The molecule has 0 spiro atoms. The summed E-state index contributed by atoms with van der Waals surface area (Å²) in [7, 11) is 0. The zero-order chi connectivity index (χ0) is 18.9. The molecule has 3 nitrogen and oxygen atoms in total. The number of aromatic nitrogens is 3. The first kappa shape index (κ1) is 16.9. The second kappa shape index (κ2) is 7.06. The predicted molar refractivity (Wildman–Crippen MR) is 117 cm³/mol. The standard InChI is InChI=1S/C24H16BrN3/c25-20-13-11-18(12-14-20)22-16-24-26-21(17-7-3-1-4-8-17)15-23(28(24)27-22)19-9-5-2-6-10-19/h1-16H. The van der Waals surface area contributed by atoms with Crippen LogP contribution < -0.4 is 0 Å². The van der Waals surface area contributed by atoms with Gasteiger partial charge in [-0.05, 0) is 18.2 Å². The number of hydrogen-bond donors (Lipinski definition) is 0. The Hall–Kier alpha value is -3.24. The molecular formula is C24H16BrN3. The van der Waals surface area contributed by atoms with Gasteiger partial charge in [-0.1, -0.05) is 88.7 Å². The van der Waals surface area contributed by atoms with Crippen LogP contribution in [0.2, 0.25) is 0 Å². The van der Waals surface area contributed by atoms with E-state index in [1.807, 2.05) is 59.1 Å². The van der Waals surface area contributed by atoms with Crippen LogP contribution in [0.4, 0.5) is 0 Å². The topological polar surface area (TPSA) is 30.2 Å². The molecule has 5 aromatic rings. The average Bonchev–Trinajstić information content (AvgIpc) is 3.19. The molecule has 5 rings (SSSR count). The Labute approximate surface area is 171 Å². The normalized spacial score (nSPS) is 11.0. The summed E-state index contributed by atoms with van der Waals surface area (Å²) in [6.07, 6.45) is 0. The summed E-state index contributed by atoms with van der Waals surface area (Å²) in [5, 5.41) is 4.86. The maximum atomic E-state index is 4.89. The average molecular weight is 426 g/mol. The molecule has 0 aliphatic rings. The van der Waals surface area contributed by atoms with Crippen LogP contribution in [0.25, 0.3) is 39.4 Å². The van der Waals surface area contributed by atoms with Gasteiger partial charge in [-0.2, -0.15) is 5.10 Å². The van der Waals surface area contributed by atoms with Crippen molar-refractivity contribution in [2.45, 2.75) is 0 Å². The zero-order valence-corrected chi connectivity index (χ0v) is 16.5. The van der Waals surface area contributed by atoms with Gasteiger partial charge in [0, 0.05) is 27.2 Å². The van der Waals surface area contributed by atoms with E-state index in [-0.39, 0.29) is 0 Å². The molecule has 0 bridgehead atoms. The smallest absolute Gasteiger partial charge is 0.156 e. The van der Waals surface area contributed by atoms with Crippen molar-refractivity contribution >= 4 is 21.6 Å². The molecule has 0 N–H and O–H groups in total. The molecule has 0 saturated carbocycles. The van der Waals surface area contributed by atoms with E-state index < -0.39 is 0 Å². The van der Waals surface area contributed by atoms with E-state index in [1.165, 1.54) is 0 Å². The van der Waals surface area contributed by atoms with E-state index >= 15 is 0 Å². The first-order chi connectivity index (χ1) is 13.8. The number of nitrogens with zero attached hydrogens (tertiary/aromatic N) is 3. The molecule has 0 amide bonds. The molecule has 0 fully saturated rings. The molecule has 0 radical (unpaired) electrons. The lowest BCUT2D eigenvalue weighted by Crippen LogP contribution is -1.98. The summed E-state index contributed by atoms with van der Waals surface area (Å²) in [4.78, 5) is 4.89. The van der Waals surface area contributed by atoms with E-state index in [4.69, 9.17) is 10.1 Å². The Bertz CT molecular complexity index is 1240. The second-order valence-corrected chi connectivity index (χ2v) is 7.48. The highest BCUT2D eigenvalue weighted by Gasteiger charge is 2.13. The number of rotatable bonds is 3. The van der Waals surface area contributed by atoms with E-state index in [0.29, 0.717) is 0 Å². The van der Waals surface area contributed by atoms with Crippen LogP contribution in [-0.4, -0.2) is 14.6 Å². The zero-order valence-electron chi connectivity index (χ0n) is 15.0. The lowest BCUT2D eigenvalue weighted by Gasteiger charge is -2.08. The third-order valence-electron chi connectivity index (χ3n) is 4.71. The third-order valence-corrected chi connectivity index (χ3v) is 5.23. The summed E-state index contributed by atoms with van der Waals surface area (Å²) >= 11 is 3.49. The Morgan fingerprint density at radius 2 is 1.21 bits per heavy atom. The highest BCUT2D eigenvalue weighted by Crippen LogP contribution is 2.29. The number of halogens is 1. The summed E-state index contributed by atoms with van der Waals surface area (Å²) in [6.45, 7) is 0. The summed E-state index contributed by atoms with van der Waals surface area (Å²) in [5.74, 6) is 0. The van der Waals surface area contributed by atoms with E-state index in [1.54, 1.807) is 0 Å². The Balaban J connectivity index is 1.75. The van der Waals surface area contributed by atoms with Gasteiger partial charge >= 0.3 is 0 Å². The van der Waals surface area contributed by atoms with Crippen LogP contribution in [0.15, 0.2) is 102 Å². The van der Waals surface area contributed by atoms with Crippen molar-refractivity contribution in [2.24, 2.45) is 0 Å². The molecule has 134 valence electrons. The Morgan fingerprint density at radius 3 is 1.89 bits per heavy atom. The lowest BCUT2D eigenvalue weighted by atomic mass is 10.1. The highest BCUT2D eigenvalue weighted by molar-refractivity contribution is 9.10. The third kappa shape index (κ3) is 3.12. The van der Waals surface area contributed by atoms with Crippen molar-refractivity contribution in [1.29, 1.82) is 0 Å². The van der Waals surface area contributed by atoms with Gasteiger partial charge in [0.2, 0.25) is 0 Å². The Morgan fingerprint density at radius 1 is 0.607 bits per heavy atom. The summed E-state index contributed by atoms with van der Waals surface area (Å²) < 4.78 is 2.98. The summed E-state index contributed by atoms with van der Waals surface area (Å²) in [5.41, 5.74) is 6.96. The van der Waals surface area contributed by atoms with Crippen molar-refractivity contribution < 1.29 is 0 Å². The predicted octanol–water partition coefficient (Wildman–Crippen LogP) is 6.49. The van der Waals surface area contributed by atoms with Crippen LogP contribution in [0.1, 0.15) is 0 Å². The van der Waals surface area contributed by atoms with Crippen LogP contribution >= 0.6 is 15.9 Å². The SMILES string of the molecule is Brc1ccc(-c2cc3nc(-c4ccccc4)cc(-c4ccccc4)n3n2)cc1.